The molecule has 0 spiro atoms. The van der Waals surface area contributed by atoms with Gasteiger partial charge in [0.25, 0.3) is 5.91 Å². The Hall–Kier alpha value is -1.75. The zero-order valence-electron chi connectivity index (χ0n) is 17.2. The molecule has 2 aliphatic rings. The summed E-state index contributed by atoms with van der Waals surface area (Å²) >= 11 is 1.47. The summed E-state index contributed by atoms with van der Waals surface area (Å²) in [5.74, 6) is 0.0181. The molecule has 9 nitrogen and oxygen atoms in total. The third kappa shape index (κ3) is 6.91. The van der Waals surface area contributed by atoms with Gasteiger partial charge in [0.1, 0.15) is 5.69 Å². The molecule has 3 rings (SSSR count). The van der Waals surface area contributed by atoms with Crippen LogP contribution in [0.15, 0.2) is 5.38 Å². The van der Waals surface area contributed by atoms with Gasteiger partial charge in [-0.25, -0.2) is 4.98 Å². The van der Waals surface area contributed by atoms with E-state index in [0.29, 0.717) is 45.0 Å². The van der Waals surface area contributed by atoms with Gasteiger partial charge in [-0.1, -0.05) is 6.92 Å². The Labute approximate surface area is 176 Å². The summed E-state index contributed by atoms with van der Waals surface area (Å²) in [6, 6.07) is 0. The third-order valence-electron chi connectivity index (χ3n) is 5.13. The van der Waals surface area contributed by atoms with Crippen molar-refractivity contribution in [3.63, 3.8) is 0 Å². The number of hydrogen-bond acceptors (Lipinski definition) is 8. The summed E-state index contributed by atoms with van der Waals surface area (Å²) in [6.07, 6.45) is 1.02. The van der Waals surface area contributed by atoms with Crippen molar-refractivity contribution < 1.29 is 14.3 Å². The number of aromatic nitrogens is 1. The molecule has 2 amide bonds. The number of rotatable bonds is 9. The van der Waals surface area contributed by atoms with Crippen LogP contribution in [0.4, 0.5) is 5.13 Å². The molecule has 0 atom stereocenters. The van der Waals surface area contributed by atoms with E-state index in [2.05, 4.69) is 32.3 Å². The summed E-state index contributed by atoms with van der Waals surface area (Å²) in [5, 5.41) is 8.82. The van der Waals surface area contributed by atoms with Gasteiger partial charge in [0.05, 0.1) is 19.8 Å². The lowest BCUT2D eigenvalue weighted by Gasteiger charge is -2.34. The van der Waals surface area contributed by atoms with E-state index >= 15 is 0 Å². The molecule has 0 saturated carbocycles. The topological polar surface area (TPSA) is 90.0 Å². The number of piperazine rings is 1. The van der Waals surface area contributed by atoms with Gasteiger partial charge in [0.2, 0.25) is 5.91 Å². The standard InChI is InChI=1S/C19H32N6O3S/c1-2-3-21-19-22-16(15-29-19)18(27)25-8-6-24(7-9-25)14-17(26)20-4-5-23-10-12-28-13-11-23/h15H,2-14H2,1H3,(H,20,26)(H,21,22). The minimum Gasteiger partial charge on any atom is -0.379 e. The molecule has 2 aliphatic heterocycles. The van der Waals surface area contributed by atoms with Crippen LogP contribution in [0.5, 0.6) is 0 Å². The number of hydrogen-bond donors (Lipinski definition) is 2. The molecule has 162 valence electrons. The van der Waals surface area contributed by atoms with E-state index in [-0.39, 0.29) is 11.8 Å². The third-order valence-corrected chi connectivity index (χ3v) is 5.93. The molecule has 0 aliphatic carbocycles. The van der Waals surface area contributed by atoms with Gasteiger partial charge in [-0.15, -0.1) is 11.3 Å². The van der Waals surface area contributed by atoms with Crippen LogP contribution < -0.4 is 10.6 Å². The SMILES string of the molecule is CCCNc1nc(C(=O)N2CCN(CC(=O)NCCN3CCOCC3)CC2)cs1. The van der Waals surface area contributed by atoms with Crippen molar-refractivity contribution in [1.29, 1.82) is 0 Å². The first kappa shape index (κ1) is 21.9. The Bertz CT molecular complexity index is 656. The number of nitrogens with one attached hydrogen (secondary N) is 2. The Morgan fingerprint density at radius 1 is 1.10 bits per heavy atom. The molecule has 2 N–H and O–H groups in total. The molecule has 1 aromatic rings. The molecular weight excluding hydrogens is 392 g/mol. The Kier molecular flexibility index (Phi) is 8.66. The van der Waals surface area contributed by atoms with Gasteiger partial charge >= 0.3 is 0 Å². The number of morpholine rings is 1. The Morgan fingerprint density at radius 3 is 2.59 bits per heavy atom. The lowest BCUT2D eigenvalue weighted by molar-refractivity contribution is -0.122. The largest absolute Gasteiger partial charge is 0.379 e. The van der Waals surface area contributed by atoms with Crippen molar-refractivity contribution in [1.82, 2.24) is 25.0 Å². The van der Waals surface area contributed by atoms with Crippen molar-refractivity contribution in [2.45, 2.75) is 13.3 Å². The maximum atomic E-state index is 12.6. The zero-order valence-corrected chi connectivity index (χ0v) is 18.0. The number of carbonyl (C=O) groups is 2. The number of nitrogens with zero attached hydrogens (tertiary/aromatic N) is 4. The Balaban J connectivity index is 1.33. The van der Waals surface area contributed by atoms with E-state index in [1.165, 1.54) is 11.3 Å². The molecular formula is C19H32N6O3S. The van der Waals surface area contributed by atoms with Crippen LogP contribution in [0.25, 0.3) is 0 Å². The van der Waals surface area contributed by atoms with Crippen LogP contribution in [-0.2, 0) is 9.53 Å². The number of amides is 2. The van der Waals surface area contributed by atoms with Crippen molar-refractivity contribution in [2.75, 3.05) is 84.0 Å². The highest BCUT2D eigenvalue weighted by Gasteiger charge is 2.24. The van der Waals surface area contributed by atoms with Gasteiger partial charge in [-0.3, -0.25) is 19.4 Å². The maximum absolute atomic E-state index is 12.6. The normalized spacial score (nSPS) is 18.6. The van der Waals surface area contributed by atoms with Gasteiger partial charge in [0.15, 0.2) is 5.13 Å². The summed E-state index contributed by atoms with van der Waals surface area (Å²) < 4.78 is 5.33. The highest BCUT2D eigenvalue weighted by atomic mass is 32.1. The first-order chi connectivity index (χ1) is 14.2. The van der Waals surface area contributed by atoms with Gasteiger partial charge in [-0.05, 0) is 6.42 Å². The van der Waals surface area contributed by atoms with Crippen LogP contribution in [0.1, 0.15) is 23.8 Å². The van der Waals surface area contributed by atoms with Crippen molar-refractivity contribution in [2.24, 2.45) is 0 Å². The first-order valence-corrected chi connectivity index (χ1v) is 11.3. The average molecular weight is 425 g/mol. The predicted octanol–water partition coefficient (Wildman–Crippen LogP) is 0.171. The fourth-order valence-corrected chi connectivity index (χ4v) is 4.11. The fourth-order valence-electron chi connectivity index (χ4n) is 3.39. The molecule has 0 bridgehead atoms. The second kappa shape index (κ2) is 11.4. The molecule has 0 radical (unpaired) electrons. The number of thiazole rings is 1. The summed E-state index contributed by atoms with van der Waals surface area (Å²) in [4.78, 5) is 35.4. The van der Waals surface area contributed by atoms with Crippen molar-refractivity contribution in [3.8, 4) is 0 Å². The molecule has 2 fully saturated rings. The summed E-state index contributed by atoms with van der Waals surface area (Å²) in [5.41, 5.74) is 0.503. The monoisotopic (exact) mass is 424 g/mol. The van der Waals surface area contributed by atoms with Gasteiger partial charge in [0, 0.05) is 64.3 Å². The fraction of sp³-hybridized carbons (Fsp3) is 0.737. The van der Waals surface area contributed by atoms with E-state index in [1.54, 1.807) is 0 Å². The molecule has 3 heterocycles. The zero-order chi connectivity index (χ0) is 20.5. The second-order valence-corrected chi connectivity index (χ2v) is 8.20. The molecule has 29 heavy (non-hydrogen) atoms. The van der Waals surface area contributed by atoms with E-state index in [4.69, 9.17) is 4.74 Å². The number of anilines is 1. The van der Waals surface area contributed by atoms with Crippen molar-refractivity contribution in [3.05, 3.63) is 11.1 Å². The van der Waals surface area contributed by atoms with Gasteiger partial charge in [-0.2, -0.15) is 0 Å². The van der Waals surface area contributed by atoms with E-state index in [0.717, 1.165) is 50.9 Å². The van der Waals surface area contributed by atoms with E-state index < -0.39 is 0 Å². The highest BCUT2D eigenvalue weighted by Crippen LogP contribution is 2.17. The number of ether oxygens (including phenoxy) is 1. The van der Waals surface area contributed by atoms with E-state index in [9.17, 15) is 9.59 Å². The van der Waals surface area contributed by atoms with Crippen LogP contribution in [0, 0.1) is 0 Å². The predicted molar refractivity (Wildman–Crippen MR) is 114 cm³/mol. The minimum absolute atomic E-state index is 0.0274. The highest BCUT2D eigenvalue weighted by molar-refractivity contribution is 7.13. The molecule has 2 saturated heterocycles. The summed E-state index contributed by atoms with van der Waals surface area (Å²) in [7, 11) is 0. The summed E-state index contributed by atoms with van der Waals surface area (Å²) in [6.45, 7) is 10.9. The Morgan fingerprint density at radius 2 is 1.86 bits per heavy atom. The number of carbonyl (C=O) groups excluding carboxylic acids is 2. The quantitative estimate of drug-likeness (QED) is 0.584. The van der Waals surface area contributed by atoms with Crippen LogP contribution in [0.2, 0.25) is 0 Å². The first-order valence-electron chi connectivity index (χ1n) is 10.4. The van der Waals surface area contributed by atoms with Gasteiger partial charge < -0.3 is 20.3 Å². The second-order valence-electron chi connectivity index (χ2n) is 7.34. The minimum atomic E-state index is -0.0274. The molecule has 1 aromatic heterocycles. The molecule has 10 heteroatoms. The smallest absolute Gasteiger partial charge is 0.273 e. The molecule has 0 aromatic carbocycles. The lowest BCUT2D eigenvalue weighted by atomic mass is 10.3. The average Bonchev–Trinajstić information content (AvgIpc) is 3.22. The maximum Gasteiger partial charge on any atom is 0.273 e. The van der Waals surface area contributed by atoms with Crippen molar-refractivity contribution >= 4 is 28.3 Å². The van der Waals surface area contributed by atoms with E-state index in [1.807, 2.05) is 10.3 Å². The lowest BCUT2D eigenvalue weighted by Crippen LogP contribution is -2.51. The molecule has 0 unspecified atom stereocenters. The van der Waals surface area contributed by atoms with Crippen LogP contribution in [0.3, 0.4) is 0 Å². The van der Waals surface area contributed by atoms with Crippen LogP contribution in [-0.4, -0.2) is 110 Å². The van der Waals surface area contributed by atoms with Crippen LogP contribution >= 0.6 is 11.3 Å².